The van der Waals surface area contributed by atoms with Crippen molar-refractivity contribution in [3.05, 3.63) is 5.89 Å². The van der Waals surface area contributed by atoms with E-state index in [0.29, 0.717) is 36.5 Å². The molecule has 1 aliphatic carbocycles. The summed E-state index contributed by atoms with van der Waals surface area (Å²) in [6.07, 6.45) is 3.53. The van der Waals surface area contributed by atoms with Crippen molar-refractivity contribution < 1.29 is 9.15 Å². The molecule has 19 heavy (non-hydrogen) atoms. The summed E-state index contributed by atoms with van der Waals surface area (Å²) in [6.45, 7) is 5.90. The summed E-state index contributed by atoms with van der Waals surface area (Å²) in [4.78, 5) is 0. The normalized spacial score (nSPS) is 23.2. The molecule has 2 N–H and O–H groups in total. The molecule has 2 atom stereocenters. The zero-order chi connectivity index (χ0) is 13.7. The predicted octanol–water partition coefficient (Wildman–Crippen LogP) is 1.79. The second-order valence-corrected chi connectivity index (χ2v) is 5.54. The molecule has 0 aliphatic heterocycles. The molecule has 2 unspecified atom stereocenters. The Morgan fingerprint density at radius 3 is 2.89 bits per heavy atom. The van der Waals surface area contributed by atoms with Crippen molar-refractivity contribution in [1.82, 2.24) is 15.5 Å². The van der Waals surface area contributed by atoms with Gasteiger partial charge in [0, 0.05) is 13.2 Å². The van der Waals surface area contributed by atoms with E-state index >= 15 is 0 Å². The van der Waals surface area contributed by atoms with Gasteiger partial charge in [-0.15, -0.1) is 5.10 Å². The number of anilines is 1. The van der Waals surface area contributed by atoms with Crippen molar-refractivity contribution in [3.8, 4) is 0 Å². The van der Waals surface area contributed by atoms with Crippen LogP contribution in [0.4, 0.5) is 6.01 Å². The van der Waals surface area contributed by atoms with Gasteiger partial charge in [-0.05, 0) is 31.7 Å². The molecule has 108 valence electrons. The third kappa shape index (κ3) is 4.47. The lowest BCUT2D eigenvalue weighted by Gasteiger charge is -2.10. The standard InChI is InChI=1S/C13H24N4O2/c1-9(2)7-14-8-12-16-17-13(19-12)15-10-4-5-11(6-10)18-3/h9-11,14H,4-8H2,1-3H3,(H,15,17). The van der Waals surface area contributed by atoms with E-state index in [9.17, 15) is 0 Å². The molecular formula is C13H24N4O2. The lowest BCUT2D eigenvalue weighted by Crippen LogP contribution is -2.19. The fraction of sp³-hybridized carbons (Fsp3) is 0.846. The molecule has 1 aromatic rings. The van der Waals surface area contributed by atoms with Crippen LogP contribution in [-0.2, 0) is 11.3 Å². The third-order valence-corrected chi connectivity index (χ3v) is 3.34. The number of rotatable bonds is 7. The number of hydrogen-bond acceptors (Lipinski definition) is 6. The Kier molecular flexibility index (Phi) is 5.15. The highest BCUT2D eigenvalue weighted by Crippen LogP contribution is 2.24. The second kappa shape index (κ2) is 6.86. The minimum Gasteiger partial charge on any atom is -0.407 e. The van der Waals surface area contributed by atoms with E-state index in [1.807, 2.05) is 0 Å². The van der Waals surface area contributed by atoms with Crippen LogP contribution in [0.2, 0.25) is 0 Å². The molecule has 0 spiro atoms. The number of nitrogens with zero attached hydrogens (tertiary/aromatic N) is 2. The van der Waals surface area contributed by atoms with Crippen molar-refractivity contribution in [2.24, 2.45) is 5.92 Å². The maximum atomic E-state index is 5.56. The van der Waals surface area contributed by atoms with Gasteiger partial charge in [-0.1, -0.05) is 18.9 Å². The van der Waals surface area contributed by atoms with Gasteiger partial charge in [0.25, 0.3) is 0 Å². The van der Waals surface area contributed by atoms with Crippen LogP contribution in [0.5, 0.6) is 0 Å². The van der Waals surface area contributed by atoms with Gasteiger partial charge < -0.3 is 19.8 Å². The summed E-state index contributed by atoms with van der Waals surface area (Å²) < 4.78 is 10.9. The first kappa shape index (κ1) is 14.3. The van der Waals surface area contributed by atoms with E-state index in [0.717, 1.165) is 25.8 Å². The summed E-state index contributed by atoms with van der Waals surface area (Å²) in [5.74, 6) is 1.24. The quantitative estimate of drug-likeness (QED) is 0.785. The molecule has 1 fully saturated rings. The lowest BCUT2D eigenvalue weighted by molar-refractivity contribution is 0.108. The highest BCUT2D eigenvalue weighted by Gasteiger charge is 2.25. The zero-order valence-electron chi connectivity index (χ0n) is 12.0. The van der Waals surface area contributed by atoms with Gasteiger partial charge in [0.05, 0.1) is 12.6 Å². The molecule has 0 bridgehead atoms. The number of aromatic nitrogens is 2. The average molecular weight is 268 g/mol. The highest BCUT2D eigenvalue weighted by atomic mass is 16.5. The van der Waals surface area contributed by atoms with E-state index < -0.39 is 0 Å². The van der Waals surface area contributed by atoms with Crippen molar-refractivity contribution in [2.45, 2.75) is 51.8 Å². The maximum Gasteiger partial charge on any atom is 0.315 e. The van der Waals surface area contributed by atoms with E-state index in [4.69, 9.17) is 9.15 Å². The van der Waals surface area contributed by atoms with Gasteiger partial charge in [0.1, 0.15) is 0 Å². The number of nitrogens with one attached hydrogen (secondary N) is 2. The van der Waals surface area contributed by atoms with Crippen molar-refractivity contribution in [1.29, 1.82) is 0 Å². The van der Waals surface area contributed by atoms with Crippen LogP contribution in [0, 0.1) is 5.92 Å². The monoisotopic (exact) mass is 268 g/mol. The van der Waals surface area contributed by atoms with Crippen LogP contribution in [-0.4, -0.2) is 36.0 Å². The van der Waals surface area contributed by atoms with Gasteiger partial charge in [-0.25, -0.2) is 0 Å². The van der Waals surface area contributed by atoms with Crippen LogP contribution >= 0.6 is 0 Å². The smallest absolute Gasteiger partial charge is 0.315 e. The van der Waals surface area contributed by atoms with Gasteiger partial charge in [0.15, 0.2) is 0 Å². The van der Waals surface area contributed by atoms with Crippen LogP contribution in [0.25, 0.3) is 0 Å². The molecule has 0 aromatic carbocycles. The fourth-order valence-electron chi connectivity index (χ4n) is 2.31. The molecular weight excluding hydrogens is 244 g/mol. The molecule has 2 rings (SSSR count). The summed E-state index contributed by atoms with van der Waals surface area (Å²) >= 11 is 0. The first-order valence-electron chi connectivity index (χ1n) is 6.99. The van der Waals surface area contributed by atoms with Gasteiger partial charge in [-0.3, -0.25) is 0 Å². The van der Waals surface area contributed by atoms with Crippen molar-refractivity contribution in [3.63, 3.8) is 0 Å². The Bertz CT molecular complexity index is 380. The summed E-state index contributed by atoms with van der Waals surface area (Å²) in [7, 11) is 1.76. The Balaban J connectivity index is 1.74. The summed E-state index contributed by atoms with van der Waals surface area (Å²) in [5.41, 5.74) is 0. The summed E-state index contributed by atoms with van der Waals surface area (Å²) in [6, 6.07) is 0.893. The van der Waals surface area contributed by atoms with Crippen LogP contribution in [0.3, 0.4) is 0 Å². The Morgan fingerprint density at radius 1 is 1.37 bits per heavy atom. The first-order valence-corrected chi connectivity index (χ1v) is 6.99. The Morgan fingerprint density at radius 2 is 2.21 bits per heavy atom. The van der Waals surface area contributed by atoms with Crippen molar-refractivity contribution in [2.75, 3.05) is 19.0 Å². The fourth-order valence-corrected chi connectivity index (χ4v) is 2.31. The minimum atomic E-state index is 0.354. The molecule has 1 saturated carbocycles. The molecule has 6 heteroatoms. The molecule has 1 aliphatic rings. The minimum absolute atomic E-state index is 0.354. The van der Waals surface area contributed by atoms with Crippen molar-refractivity contribution >= 4 is 6.01 Å². The summed E-state index contributed by atoms with van der Waals surface area (Å²) in [5, 5.41) is 14.6. The first-order chi connectivity index (χ1) is 9.17. The van der Waals surface area contributed by atoms with E-state index in [1.165, 1.54) is 0 Å². The zero-order valence-corrected chi connectivity index (χ0v) is 12.0. The molecule has 0 saturated heterocycles. The third-order valence-electron chi connectivity index (χ3n) is 3.34. The molecule has 6 nitrogen and oxygen atoms in total. The van der Waals surface area contributed by atoms with E-state index in [-0.39, 0.29) is 0 Å². The second-order valence-electron chi connectivity index (χ2n) is 5.54. The van der Waals surface area contributed by atoms with E-state index in [1.54, 1.807) is 7.11 Å². The van der Waals surface area contributed by atoms with Crippen LogP contribution < -0.4 is 10.6 Å². The van der Waals surface area contributed by atoms with Crippen LogP contribution in [0.15, 0.2) is 4.42 Å². The molecule has 0 amide bonds. The molecule has 0 radical (unpaired) electrons. The topological polar surface area (TPSA) is 72.2 Å². The average Bonchev–Trinajstić information content (AvgIpc) is 2.99. The molecule has 1 heterocycles. The van der Waals surface area contributed by atoms with Crippen LogP contribution in [0.1, 0.15) is 39.0 Å². The van der Waals surface area contributed by atoms with Gasteiger partial charge in [0.2, 0.25) is 5.89 Å². The van der Waals surface area contributed by atoms with Gasteiger partial charge in [-0.2, -0.15) is 0 Å². The SMILES string of the molecule is COC1CCC(Nc2nnc(CNCC(C)C)o2)C1. The van der Waals surface area contributed by atoms with Gasteiger partial charge >= 0.3 is 6.01 Å². The molecule has 1 aromatic heterocycles. The number of methoxy groups -OCH3 is 1. The predicted molar refractivity (Wildman–Crippen MR) is 72.9 cm³/mol. The van der Waals surface area contributed by atoms with E-state index in [2.05, 4.69) is 34.7 Å². The number of hydrogen-bond donors (Lipinski definition) is 2. The highest BCUT2D eigenvalue weighted by molar-refractivity contribution is 5.20. The lowest BCUT2D eigenvalue weighted by atomic mass is 10.2. The largest absolute Gasteiger partial charge is 0.407 e. The number of ether oxygens (including phenoxy) is 1. The Labute approximate surface area is 114 Å². The Hall–Kier alpha value is -1.14. The maximum absolute atomic E-state index is 5.56.